The molecule has 2 rings (SSSR count). The Morgan fingerprint density at radius 3 is 2.75 bits per heavy atom. The Morgan fingerprint density at radius 1 is 1.30 bits per heavy atom. The molecule has 0 amide bonds. The second kappa shape index (κ2) is 6.43. The molecule has 1 heterocycles. The number of aromatic nitrogens is 2. The van der Waals surface area contributed by atoms with E-state index in [9.17, 15) is 4.39 Å². The Balaban J connectivity index is 2.15. The maximum Gasteiger partial charge on any atom is 0.322 e. The molecule has 0 fully saturated rings. The van der Waals surface area contributed by atoms with Gasteiger partial charge in [0, 0.05) is 24.0 Å². The minimum atomic E-state index is -0.284. The average Bonchev–Trinajstić information content (AvgIpc) is 2.41. The highest BCUT2D eigenvalue weighted by Gasteiger charge is 2.07. The van der Waals surface area contributed by atoms with Gasteiger partial charge in [-0.2, -0.15) is 4.98 Å². The summed E-state index contributed by atoms with van der Waals surface area (Å²) in [6, 6.07) is 4.63. The van der Waals surface area contributed by atoms with E-state index in [1.165, 1.54) is 12.1 Å². The number of halogens is 1. The van der Waals surface area contributed by atoms with Gasteiger partial charge in [-0.1, -0.05) is 6.92 Å². The molecule has 2 aromatic rings. The van der Waals surface area contributed by atoms with Crippen molar-refractivity contribution in [3.05, 3.63) is 47.0 Å². The molecular weight excluding hydrogens is 257 g/mol. The van der Waals surface area contributed by atoms with Gasteiger partial charge in [0.05, 0.1) is 0 Å². The van der Waals surface area contributed by atoms with Crippen LogP contribution >= 0.6 is 0 Å². The van der Waals surface area contributed by atoms with Crippen molar-refractivity contribution in [2.75, 3.05) is 6.54 Å². The van der Waals surface area contributed by atoms with Crippen molar-refractivity contribution in [2.24, 2.45) is 0 Å². The Kier molecular flexibility index (Phi) is 4.63. The van der Waals surface area contributed by atoms with Crippen LogP contribution in [0.4, 0.5) is 4.39 Å². The van der Waals surface area contributed by atoms with Crippen LogP contribution in [0, 0.1) is 19.7 Å². The number of ether oxygens (including phenoxy) is 1. The summed E-state index contributed by atoms with van der Waals surface area (Å²) in [5.41, 5.74) is 2.62. The third-order valence-corrected chi connectivity index (χ3v) is 2.96. The monoisotopic (exact) mass is 275 g/mol. The SMILES string of the molecule is CCNCc1cnc(Oc2ccc(F)cc2C)nc1C. The second-order valence-electron chi connectivity index (χ2n) is 4.56. The number of hydrogen-bond acceptors (Lipinski definition) is 4. The summed E-state index contributed by atoms with van der Waals surface area (Å²) in [5.74, 6) is 0.276. The molecule has 5 heteroatoms. The lowest BCUT2D eigenvalue weighted by Gasteiger charge is -2.09. The maximum atomic E-state index is 13.0. The Labute approximate surface area is 118 Å². The molecule has 0 saturated carbocycles. The zero-order valence-corrected chi connectivity index (χ0v) is 11.9. The van der Waals surface area contributed by atoms with E-state index in [1.807, 2.05) is 13.8 Å². The number of nitrogens with zero attached hydrogens (tertiary/aromatic N) is 2. The first-order valence-corrected chi connectivity index (χ1v) is 6.57. The predicted molar refractivity (Wildman–Crippen MR) is 75.4 cm³/mol. The molecule has 0 aliphatic rings. The van der Waals surface area contributed by atoms with Crippen LogP contribution in [0.25, 0.3) is 0 Å². The van der Waals surface area contributed by atoms with Crippen molar-refractivity contribution in [3.63, 3.8) is 0 Å². The largest absolute Gasteiger partial charge is 0.424 e. The average molecular weight is 275 g/mol. The van der Waals surface area contributed by atoms with E-state index in [0.29, 0.717) is 11.3 Å². The maximum absolute atomic E-state index is 13.0. The van der Waals surface area contributed by atoms with Crippen molar-refractivity contribution in [2.45, 2.75) is 27.3 Å². The molecule has 0 aliphatic heterocycles. The van der Waals surface area contributed by atoms with E-state index in [4.69, 9.17) is 4.74 Å². The smallest absolute Gasteiger partial charge is 0.322 e. The van der Waals surface area contributed by atoms with Crippen molar-refractivity contribution >= 4 is 0 Å². The lowest BCUT2D eigenvalue weighted by Crippen LogP contribution is -2.13. The second-order valence-corrected chi connectivity index (χ2v) is 4.56. The topological polar surface area (TPSA) is 47.0 Å². The van der Waals surface area contributed by atoms with Gasteiger partial charge >= 0.3 is 6.01 Å². The van der Waals surface area contributed by atoms with Crippen LogP contribution in [0.5, 0.6) is 11.8 Å². The van der Waals surface area contributed by atoms with Crippen LogP contribution < -0.4 is 10.1 Å². The summed E-state index contributed by atoms with van der Waals surface area (Å²) >= 11 is 0. The van der Waals surface area contributed by atoms with Crippen LogP contribution in [0.2, 0.25) is 0 Å². The van der Waals surface area contributed by atoms with E-state index in [1.54, 1.807) is 19.2 Å². The van der Waals surface area contributed by atoms with Crippen molar-refractivity contribution in [1.29, 1.82) is 0 Å². The zero-order chi connectivity index (χ0) is 14.5. The molecule has 1 aromatic carbocycles. The third-order valence-electron chi connectivity index (χ3n) is 2.96. The summed E-state index contributed by atoms with van der Waals surface area (Å²) in [4.78, 5) is 8.50. The number of aryl methyl sites for hydroxylation is 2. The first-order chi connectivity index (χ1) is 9.60. The summed E-state index contributed by atoms with van der Waals surface area (Å²) in [6.45, 7) is 7.37. The van der Waals surface area contributed by atoms with Gasteiger partial charge < -0.3 is 10.1 Å². The molecule has 0 unspecified atom stereocenters. The zero-order valence-electron chi connectivity index (χ0n) is 11.9. The van der Waals surface area contributed by atoms with Crippen LogP contribution in [-0.4, -0.2) is 16.5 Å². The third kappa shape index (κ3) is 3.51. The molecule has 0 radical (unpaired) electrons. The van der Waals surface area contributed by atoms with Crippen LogP contribution in [0.1, 0.15) is 23.7 Å². The molecule has 106 valence electrons. The van der Waals surface area contributed by atoms with E-state index < -0.39 is 0 Å². The van der Waals surface area contributed by atoms with Crippen LogP contribution in [0.15, 0.2) is 24.4 Å². The van der Waals surface area contributed by atoms with Gasteiger partial charge in [-0.25, -0.2) is 9.37 Å². The van der Waals surface area contributed by atoms with Crippen molar-refractivity contribution in [1.82, 2.24) is 15.3 Å². The number of rotatable bonds is 5. The van der Waals surface area contributed by atoms with E-state index in [2.05, 4.69) is 15.3 Å². The first-order valence-electron chi connectivity index (χ1n) is 6.57. The van der Waals surface area contributed by atoms with Gasteiger partial charge in [-0.15, -0.1) is 0 Å². The standard InChI is InChI=1S/C15H18FN3O/c1-4-17-8-12-9-18-15(19-11(12)3)20-14-6-5-13(16)7-10(14)2/h5-7,9,17H,4,8H2,1-3H3. The van der Waals surface area contributed by atoms with Crippen LogP contribution in [0.3, 0.4) is 0 Å². The lowest BCUT2D eigenvalue weighted by molar-refractivity contribution is 0.434. The van der Waals surface area contributed by atoms with Crippen LogP contribution in [-0.2, 0) is 6.54 Å². The normalized spacial score (nSPS) is 10.6. The highest BCUT2D eigenvalue weighted by molar-refractivity contribution is 5.34. The number of nitrogens with one attached hydrogen (secondary N) is 1. The highest BCUT2D eigenvalue weighted by Crippen LogP contribution is 2.23. The summed E-state index contributed by atoms with van der Waals surface area (Å²) in [5, 5.41) is 3.23. The minimum Gasteiger partial charge on any atom is -0.424 e. The van der Waals surface area contributed by atoms with Gasteiger partial charge in [0.15, 0.2) is 0 Å². The Bertz CT molecular complexity index is 602. The molecule has 1 N–H and O–H groups in total. The van der Waals surface area contributed by atoms with Crippen molar-refractivity contribution < 1.29 is 9.13 Å². The summed E-state index contributed by atoms with van der Waals surface area (Å²) < 4.78 is 18.6. The number of hydrogen-bond donors (Lipinski definition) is 1. The molecule has 1 aromatic heterocycles. The fourth-order valence-electron chi connectivity index (χ4n) is 1.78. The first kappa shape index (κ1) is 14.4. The minimum absolute atomic E-state index is 0.275. The molecule has 0 atom stereocenters. The Morgan fingerprint density at radius 2 is 2.10 bits per heavy atom. The Hall–Kier alpha value is -2.01. The van der Waals surface area contributed by atoms with Gasteiger partial charge in [0.25, 0.3) is 0 Å². The fraction of sp³-hybridized carbons (Fsp3) is 0.333. The molecular formula is C15H18FN3O. The molecule has 20 heavy (non-hydrogen) atoms. The van der Waals surface area contributed by atoms with Gasteiger partial charge in [-0.05, 0) is 44.2 Å². The number of benzene rings is 1. The molecule has 0 spiro atoms. The molecule has 0 aliphatic carbocycles. The summed E-state index contributed by atoms with van der Waals surface area (Å²) in [7, 11) is 0. The lowest BCUT2D eigenvalue weighted by atomic mass is 10.2. The van der Waals surface area contributed by atoms with Crippen molar-refractivity contribution in [3.8, 4) is 11.8 Å². The van der Waals surface area contributed by atoms with Gasteiger partial charge in [0.2, 0.25) is 0 Å². The van der Waals surface area contributed by atoms with Gasteiger partial charge in [0.1, 0.15) is 11.6 Å². The van der Waals surface area contributed by atoms with Gasteiger partial charge in [-0.3, -0.25) is 0 Å². The predicted octanol–water partition coefficient (Wildman–Crippen LogP) is 3.13. The van der Waals surface area contributed by atoms with E-state index in [0.717, 1.165) is 24.3 Å². The highest BCUT2D eigenvalue weighted by atomic mass is 19.1. The fourth-order valence-corrected chi connectivity index (χ4v) is 1.78. The van der Waals surface area contributed by atoms with E-state index in [-0.39, 0.29) is 11.8 Å². The quantitative estimate of drug-likeness (QED) is 0.910. The molecule has 0 bridgehead atoms. The molecule has 4 nitrogen and oxygen atoms in total. The molecule has 0 saturated heterocycles. The van der Waals surface area contributed by atoms with E-state index >= 15 is 0 Å². The summed E-state index contributed by atoms with van der Waals surface area (Å²) in [6.07, 6.45) is 1.75.